The fourth-order valence-electron chi connectivity index (χ4n) is 2.77. The molecule has 96 valence electrons. The number of rotatable bonds is 4. The van der Waals surface area contributed by atoms with Crippen molar-refractivity contribution in [3.8, 4) is 0 Å². The lowest BCUT2D eigenvalue weighted by Gasteiger charge is -2.41. The lowest BCUT2D eigenvalue weighted by atomic mass is 9.85. The highest BCUT2D eigenvalue weighted by molar-refractivity contribution is 5.88. The maximum Gasteiger partial charge on any atom is 0.246 e. The van der Waals surface area contributed by atoms with Gasteiger partial charge >= 0.3 is 0 Å². The SMILES string of the molecule is C=CC(C(N)=O)(c1ccccc1)N1CCCCC1. The Labute approximate surface area is 108 Å². The van der Waals surface area contributed by atoms with Gasteiger partial charge < -0.3 is 5.73 Å². The van der Waals surface area contributed by atoms with Crippen LogP contribution in [0.3, 0.4) is 0 Å². The number of piperidine rings is 1. The first-order valence-corrected chi connectivity index (χ1v) is 6.46. The average Bonchev–Trinajstić information content (AvgIpc) is 2.42. The van der Waals surface area contributed by atoms with Crippen molar-refractivity contribution in [1.82, 2.24) is 4.90 Å². The molecule has 1 atom stereocenters. The number of nitrogens with zero attached hydrogens (tertiary/aromatic N) is 1. The summed E-state index contributed by atoms with van der Waals surface area (Å²) in [5.41, 5.74) is 5.75. The molecule has 1 aromatic carbocycles. The smallest absolute Gasteiger partial charge is 0.246 e. The molecule has 0 aliphatic carbocycles. The molecule has 1 amide bonds. The molecule has 1 fully saturated rings. The van der Waals surface area contributed by atoms with E-state index < -0.39 is 5.54 Å². The van der Waals surface area contributed by atoms with Crippen LogP contribution < -0.4 is 5.73 Å². The van der Waals surface area contributed by atoms with Crippen molar-refractivity contribution in [2.75, 3.05) is 13.1 Å². The quantitative estimate of drug-likeness (QED) is 0.824. The maximum atomic E-state index is 12.1. The summed E-state index contributed by atoms with van der Waals surface area (Å²) in [5, 5.41) is 0. The van der Waals surface area contributed by atoms with Gasteiger partial charge in [0.2, 0.25) is 5.91 Å². The Bertz CT molecular complexity index is 423. The molecule has 0 spiro atoms. The predicted molar refractivity (Wildman–Crippen MR) is 72.9 cm³/mol. The van der Waals surface area contributed by atoms with E-state index in [-0.39, 0.29) is 5.91 Å². The highest BCUT2D eigenvalue weighted by Gasteiger charge is 2.41. The van der Waals surface area contributed by atoms with E-state index in [0.29, 0.717) is 0 Å². The second-order valence-electron chi connectivity index (χ2n) is 4.75. The molecule has 2 rings (SSSR count). The number of likely N-dealkylation sites (tertiary alicyclic amines) is 1. The largest absolute Gasteiger partial charge is 0.367 e. The average molecular weight is 244 g/mol. The molecule has 1 aliphatic heterocycles. The van der Waals surface area contributed by atoms with Gasteiger partial charge in [0.25, 0.3) is 0 Å². The molecule has 0 aromatic heterocycles. The summed E-state index contributed by atoms with van der Waals surface area (Å²) in [6, 6.07) is 9.69. The number of amides is 1. The topological polar surface area (TPSA) is 46.3 Å². The van der Waals surface area contributed by atoms with Crippen LogP contribution in [-0.2, 0) is 10.3 Å². The first-order valence-electron chi connectivity index (χ1n) is 6.46. The van der Waals surface area contributed by atoms with Crippen LogP contribution in [0.25, 0.3) is 0 Å². The Morgan fingerprint density at radius 3 is 2.33 bits per heavy atom. The Hall–Kier alpha value is -1.61. The predicted octanol–water partition coefficient (Wildman–Crippen LogP) is 2.04. The normalized spacial score (nSPS) is 20.0. The van der Waals surface area contributed by atoms with Gasteiger partial charge in [-0.05, 0) is 31.5 Å². The van der Waals surface area contributed by atoms with E-state index in [4.69, 9.17) is 5.73 Å². The number of hydrogen-bond donors (Lipinski definition) is 1. The van der Waals surface area contributed by atoms with Crippen LogP contribution in [0.4, 0.5) is 0 Å². The van der Waals surface area contributed by atoms with Crippen molar-refractivity contribution < 1.29 is 4.79 Å². The van der Waals surface area contributed by atoms with E-state index >= 15 is 0 Å². The summed E-state index contributed by atoms with van der Waals surface area (Å²) in [6.07, 6.45) is 5.12. The molecule has 1 heterocycles. The van der Waals surface area contributed by atoms with Gasteiger partial charge in [-0.3, -0.25) is 9.69 Å². The lowest BCUT2D eigenvalue weighted by molar-refractivity contribution is -0.128. The molecular formula is C15H20N2O. The molecule has 3 nitrogen and oxygen atoms in total. The number of benzene rings is 1. The fourth-order valence-corrected chi connectivity index (χ4v) is 2.77. The third-order valence-corrected chi connectivity index (χ3v) is 3.74. The molecular weight excluding hydrogens is 224 g/mol. The van der Waals surface area contributed by atoms with Gasteiger partial charge in [-0.25, -0.2) is 0 Å². The minimum Gasteiger partial charge on any atom is -0.367 e. The summed E-state index contributed by atoms with van der Waals surface area (Å²) >= 11 is 0. The summed E-state index contributed by atoms with van der Waals surface area (Å²) in [7, 11) is 0. The van der Waals surface area contributed by atoms with Crippen LogP contribution in [0.2, 0.25) is 0 Å². The third kappa shape index (κ3) is 2.06. The van der Waals surface area contributed by atoms with Crippen molar-refractivity contribution in [1.29, 1.82) is 0 Å². The van der Waals surface area contributed by atoms with Crippen molar-refractivity contribution in [2.24, 2.45) is 5.73 Å². The fraction of sp³-hybridized carbons (Fsp3) is 0.400. The molecule has 1 aromatic rings. The highest BCUT2D eigenvalue weighted by Crippen LogP contribution is 2.32. The zero-order valence-corrected chi connectivity index (χ0v) is 10.6. The Kier molecular flexibility index (Phi) is 3.82. The number of primary amides is 1. The van der Waals surface area contributed by atoms with Gasteiger partial charge in [-0.1, -0.05) is 42.8 Å². The highest BCUT2D eigenvalue weighted by atomic mass is 16.1. The zero-order chi connectivity index (χ0) is 13.0. The van der Waals surface area contributed by atoms with E-state index in [9.17, 15) is 4.79 Å². The molecule has 2 N–H and O–H groups in total. The van der Waals surface area contributed by atoms with Crippen LogP contribution in [-0.4, -0.2) is 23.9 Å². The van der Waals surface area contributed by atoms with Gasteiger partial charge in [-0.2, -0.15) is 0 Å². The Morgan fingerprint density at radius 1 is 1.22 bits per heavy atom. The second kappa shape index (κ2) is 5.36. The van der Waals surface area contributed by atoms with Crippen molar-refractivity contribution in [3.63, 3.8) is 0 Å². The standard InChI is InChI=1S/C15H20N2O/c1-2-15(14(16)18,13-9-5-3-6-10-13)17-11-7-4-8-12-17/h2-3,5-6,9-10H,1,4,7-8,11-12H2,(H2,16,18). The lowest BCUT2D eigenvalue weighted by Crippen LogP contribution is -2.55. The number of carbonyl (C=O) groups excluding carboxylic acids is 1. The molecule has 1 aliphatic rings. The molecule has 1 saturated heterocycles. The van der Waals surface area contributed by atoms with E-state index in [0.717, 1.165) is 31.5 Å². The van der Waals surface area contributed by atoms with Crippen LogP contribution in [0.1, 0.15) is 24.8 Å². The van der Waals surface area contributed by atoms with E-state index in [2.05, 4.69) is 11.5 Å². The van der Waals surface area contributed by atoms with Crippen LogP contribution in [0, 0.1) is 0 Å². The Morgan fingerprint density at radius 2 is 1.83 bits per heavy atom. The minimum atomic E-state index is -0.859. The van der Waals surface area contributed by atoms with Crippen LogP contribution >= 0.6 is 0 Å². The van der Waals surface area contributed by atoms with Crippen molar-refractivity contribution >= 4 is 5.91 Å². The van der Waals surface area contributed by atoms with Crippen LogP contribution in [0.5, 0.6) is 0 Å². The Balaban J connectivity index is 2.45. The molecule has 18 heavy (non-hydrogen) atoms. The van der Waals surface area contributed by atoms with E-state index in [1.807, 2.05) is 30.3 Å². The van der Waals surface area contributed by atoms with E-state index in [1.54, 1.807) is 6.08 Å². The molecule has 0 radical (unpaired) electrons. The summed E-state index contributed by atoms with van der Waals surface area (Å²) in [5.74, 6) is -0.342. The van der Waals surface area contributed by atoms with Gasteiger partial charge in [0.15, 0.2) is 0 Å². The maximum absolute atomic E-state index is 12.1. The summed E-state index contributed by atoms with van der Waals surface area (Å²) in [6.45, 7) is 5.65. The van der Waals surface area contributed by atoms with Crippen LogP contribution in [0.15, 0.2) is 43.0 Å². The summed E-state index contributed by atoms with van der Waals surface area (Å²) < 4.78 is 0. The molecule has 0 saturated carbocycles. The van der Waals surface area contributed by atoms with Gasteiger partial charge in [-0.15, -0.1) is 6.58 Å². The van der Waals surface area contributed by atoms with Crippen molar-refractivity contribution in [2.45, 2.75) is 24.8 Å². The number of carbonyl (C=O) groups is 1. The molecule has 0 bridgehead atoms. The molecule has 1 unspecified atom stereocenters. The first-order chi connectivity index (χ1) is 8.71. The number of hydrogen-bond acceptors (Lipinski definition) is 2. The molecule has 3 heteroatoms. The number of nitrogens with two attached hydrogens (primary N) is 1. The second-order valence-corrected chi connectivity index (χ2v) is 4.75. The van der Waals surface area contributed by atoms with Gasteiger partial charge in [0.05, 0.1) is 0 Å². The van der Waals surface area contributed by atoms with Gasteiger partial charge in [0.1, 0.15) is 5.54 Å². The van der Waals surface area contributed by atoms with Gasteiger partial charge in [0, 0.05) is 0 Å². The third-order valence-electron chi connectivity index (χ3n) is 3.74. The summed E-state index contributed by atoms with van der Waals surface area (Å²) in [4.78, 5) is 14.2. The minimum absolute atomic E-state index is 0.342. The van der Waals surface area contributed by atoms with Crippen molar-refractivity contribution in [3.05, 3.63) is 48.6 Å². The van der Waals surface area contributed by atoms with E-state index in [1.165, 1.54) is 6.42 Å². The monoisotopic (exact) mass is 244 g/mol. The first kappa shape index (κ1) is 12.8. The zero-order valence-electron chi connectivity index (χ0n) is 10.6.